The highest BCUT2D eigenvalue weighted by Crippen LogP contribution is 2.26. The lowest BCUT2D eigenvalue weighted by Gasteiger charge is -2.25. The minimum Gasteiger partial charge on any atom is -0.508 e. The number of rotatable bonds is 2. The molecule has 0 amide bonds. The molecule has 0 saturated carbocycles. The molecule has 2 rings (SSSR count). The van der Waals surface area contributed by atoms with E-state index in [1.807, 2.05) is 0 Å². The van der Waals surface area contributed by atoms with E-state index < -0.39 is 6.04 Å². The van der Waals surface area contributed by atoms with Gasteiger partial charge in [-0.3, -0.25) is 0 Å². The molecule has 1 aliphatic heterocycles. The molecule has 1 heterocycles. The highest BCUT2D eigenvalue weighted by Gasteiger charge is 2.27. The van der Waals surface area contributed by atoms with Crippen LogP contribution in [-0.4, -0.2) is 24.2 Å². The van der Waals surface area contributed by atoms with Crippen LogP contribution in [0, 0.1) is 0 Å². The van der Waals surface area contributed by atoms with Crippen molar-refractivity contribution in [2.45, 2.75) is 19.4 Å². The molecule has 0 bridgehead atoms. The standard InChI is InChI=1S/C12H15NO3.ClH/c1-2-16-12(15)11-10-4-3-9(14)7-8(10)5-6-13-11;/h3-4,7,11,13-14H,2,5-6H2,1H3;1H/t11-;/m1./s1. The first-order chi connectivity index (χ1) is 7.72. The number of benzene rings is 1. The van der Waals surface area contributed by atoms with Crippen LogP contribution < -0.4 is 5.32 Å². The number of hydrogen-bond donors (Lipinski definition) is 2. The summed E-state index contributed by atoms with van der Waals surface area (Å²) in [5, 5.41) is 12.5. The predicted molar refractivity (Wildman–Crippen MR) is 66.4 cm³/mol. The molecule has 1 aliphatic rings. The Labute approximate surface area is 106 Å². The molecule has 1 aromatic carbocycles. The van der Waals surface area contributed by atoms with E-state index in [9.17, 15) is 9.90 Å². The molecular weight excluding hydrogens is 242 g/mol. The quantitative estimate of drug-likeness (QED) is 0.790. The maximum absolute atomic E-state index is 11.7. The number of phenols is 1. The van der Waals surface area contributed by atoms with E-state index in [1.165, 1.54) is 0 Å². The minimum atomic E-state index is -0.399. The summed E-state index contributed by atoms with van der Waals surface area (Å²) in [6.07, 6.45) is 0.819. The van der Waals surface area contributed by atoms with Crippen LogP contribution in [0.2, 0.25) is 0 Å². The molecule has 0 fully saturated rings. The van der Waals surface area contributed by atoms with Crippen molar-refractivity contribution in [1.29, 1.82) is 0 Å². The Morgan fingerprint density at radius 3 is 3.06 bits per heavy atom. The Balaban J connectivity index is 0.00000144. The lowest BCUT2D eigenvalue weighted by Crippen LogP contribution is -2.36. The number of fused-ring (bicyclic) bond motifs is 1. The molecule has 0 spiro atoms. The number of carbonyl (C=O) groups is 1. The van der Waals surface area contributed by atoms with Gasteiger partial charge in [0.1, 0.15) is 11.8 Å². The van der Waals surface area contributed by atoms with Gasteiger partial charge in [-0.25, -0.2) is 4.79 Å². The van der Waals surface area contributed by atoms with Gasteiger partial charge in [0.15, 0.2) is 0 Å². The van der Waals surface area contributed by atoms with E-state index >= 15 is 0 Å². The molecule has 17 heavy (non-hydrogen) atoms. The van der Waals surface area contributed by atoms with Gasteiger partial charge in [0.25, 0.3) is 0 Å². The first-order valence-electron chi connectivity index (χ1n) is 5.44. The van der Waals surface area contributed by atoms with Gasteiger partial charge in [-0.15, -0.1) is 12.4 Å². The highest BCUT2D eigenvalue weighted by molar-refractivity contribution is 5.85. The van der Waals surface area contributed by atoms with Crippen molar-refractivity contribution in [3.05, 3.63) is 29.3 Å². The Kier molecular flexibility index (Phi) is 4.78. The van der Waals surface area contributed by atoms with Crippen molar-refractivity contribution in [3.63, 3.8) is 0 Å². The second-order valence-electron chi connectivity index (χ2n) is 3.77. The lowest BCUT2D eigenvalue weighted by molar-refractivity contribution is -0.146. The number of nitrogens with one attached hydrogen (secondary N) is 1. The molecule has 2 N–H and O–H groups in total. The Morgan fingerprint density at radius 2 is 2.35 bits per heavy atom. The zero-order valence-corrected chi connectivity index (χ0v) is 10.4. The van der Waals surface area contributed by atoms with Gasteiger partial charge < -0.3 is 15.2 Å². The number of phenolic OH excluding ortho intramolecular Hbond substituents is 1. The lowest BCUT2D eigenvalue weighted by atomic mass is 9.94. The summed E-state index contributed by atoms with van der Waals surface area (Å²) in [6.45, 7) is 2.89. The summed E-state index contributed by atoms with van der Waals surface area (Å²) in [4.78, 5) is 11.7. The smallest absolute Gasteiger partial charge is 0.327 e. The summed E-state index contributed by atoms with van der Waals surface area (Å²) in [6, 6.07) is 4.68. The fraction of sp³-hybridized carbons (Fsp3) is 0.417. The van der Waals surface area contributed by atoms with Crippen LogP contribution >= 0.6 is 12.4 Å². The van der Waals surface area contributed by atoms with Crippen LogP contribution in [0.15, 0.2) is 18.2 Å². The monoisotopic (exact) mass is 257 g/mol. The molecule has 1 atom stereocenters. The number of aromatic hydroxyl groups is 1. The SMILES string of the molecule is CCOC(=O)[C@@H]1NCCc2cc(O)ccc21.Cl. The second-order valence-corrected chi connectivity index (χ2v) is 3.77. The van der Waals surface area contributed by atoms with Crippen molar-refractivity contribution in [3.8, 4) is 5.75 Å². The van der Waals surface area contributed by atoms with Crippen molar-refractivity contribution in [2.24, 2.45) is 0 Å². The Hall–Kier alpha value is -1.26. The number of hydrogen-bond acceptors (Lipinski definition) is 4. The van der Waals surface area contributed by atoms with Crippen LogP contribution in [-0.2, 0) is 16.0 Å². The van der Waals surface area contributed by atoms with Crippen LogP contribution in [0.4, 0.5) is 0 Å². The van der Waals surface area contributed by atoms with Crippen molar-refractivity contribution >= 4 is 18.4 Å². The first kappa shape index (κ1) is 13.8. The van der Waals surface area contributed by atoms with Gasteiger partial charge in [0, 0.05) is 6.54 Å². The first-order valence-corrected chi connectivity index (χ1v) is 5.44. The molecule has 0 radical (unpaired) electrons. The normalized spacial score (nSPS) is 17.8. The van der Waals surface area contributed by atoms with E-state index in [0.29, 0.717) is 6.61 Å². The van der Waals surface area contributed by atoms with Gasteiger partial charge in [0.2, 0.25) is 0 Å². The van der Waals surface area contributed by atoms with Gasteiger partial charge in [-0.1, -0.05) is 6.07 Å². The minimum absolute atomic E-state index is 0. The van der Waals surface area contributed by atoms with E-state index in [1.54, 1.807) is 25.1 Å². The van der Waals surface area contributed by atoms with Crippen LogP contribution in [0.3, 0.4) is 0 Å². The van der Waals surface area contributed by atoms with E-state index in [2.05, 4.69) is 5.32 Å². The van der Waals surface area contributed by atoms with E-state index in [0.717, 1.165) is 24.1 Å². The highest BCUT2D eigenvalue weighted by atomic mass is 35.5. The summed E-state index contributed by atoms with van der Waals surface area (Å²) in [5.74, 6) is -0.0163. The van der Waals surface area contributed by atoms with Crippen LogP contribution in [0.25, 0.3) is 0 Å². The van der Waals surface area contributed by atoms with E-state index in [4.69, 9.17) is 4.74 Å². The fourth-order valence-electron chi connectivity index (χ4n) is 1.99. The maximum Gasteiger partial charge on any atom is 0.327 e. The van der Waals surface area contributed by atoms with Crippen molar-refractivity contribution < 1.29 is 14.6 Å². The zero-order valence-electron chi connectivity index (χ0n) is 9.60. The third-order valence-electron chi connectivity index (χ3n) is 2.70. The van der Waals surface area contributed by atoms with Crippen molar-refractivity contribution in [2.75, 3.05) is 13.2 Å². The number of halogens is 1. The van der Waals surface area contributed by atoms with Gasteiger partial charge in [0.05, 0.1) is 6.61 Å². The fourth-order valence-corrected chi connectivity index (χ4v) is 1.99. The zero-order chi connectivity index (χ0) is 11.5. The second kappa shape index (κ2) is 5.89. The van der Waals surface area contributed by atoms with Crippen LogP contribution in [0.5, 0.6) is 5.75 Å². The molecule has 1 aromatic rings. The molecule has 0 aliphatic carbocycles. The third kappa shape index (κ3) is 2.90. The topological polar surface area (TPSA) is 58.6 Å². The molecular formula is C12H16ClNO3. The number of esters is 1. The molecule has 0 saturated heterocycles. The number of carbonyl (C=O) groups excluding carboxylic acids is 1. The number of ether oxygens (including phenoxy) is 1. The third-order valence-corrected chi connectivity index (χ3v) is 2.70. The average Bonchev–Trinajstić information content (AvgIpc) is 2.28. The molecule has 0 aromatic heterocycles. The molecule has 0 unspecified atom stereocenters. The van der Waals surface area contributed by atoms with Gasteiger partial charge >= 0.3 is 5.97 Å². The summed E-state index contributed by atoms with van der Waals surface area (Å²) in [5.41, 5.74) is 1.92. The molecule has 4 nitrogen and oxygen atoms in total. The Morgan fingerprint density at radius 1 is 1.59 bits per heavy atom. The van der Waals surface area contributed by atoms with E-state index in [-0.39, 0.29) is 24.1 Å². The Bertz CT molecular complexity index is 409. The average molecular weight is 258 g/mol. The predicted octanol–water partition coefficient (Wildman–Crippen LogP) is 1.56. The summed E-state index contributed by atoms with van der Waals surface area (Å²) >= 11 is 0. The summed E-state index contributed by atoms with van der Waals surface area (Å²) < 4.78 is 5.00. The van der Waals surface area contributed by atoms with Gasteiger partial charge in [-0.05, 0) is 36.6 Å². The van der Waals surface area contributed by atoms with Crippen molar-refractivity contribution in [1.82, 2.24) is 5.32 Å². The molecule has 5 heteroatoms. The summed E-state index contributed by atoms with van der Waals surface area (Å²) in [7, 11) is 0. The largest absolute Gasteiger partial charge is 0.508 e. The maximum atomic E-state index is 11.7. The van der Waals surface area contributed by atoms with Gasteiger partial charge in [-0.2, -0.15) is 0 Å². The van der Waals surface area contributed by atoms with Crippen LogP contribution in [0.1, 0.15) is 24.1 Å². The molecule has 94 valence electrons.